The van der Waals surface area contributed by atoms with E-state index in [1.807, 2.05) is 19.1 Å². The highest BCUT2D eigenvalue weighted by molar-refractivity contribution is 9.10. The van der Waals surface area contributed by atoms with E-state index >= 15 is 0 Å². The SMILES string of the molecule is Cc1ccc(S(=O)(=O)N[C@@H](C)C(=O)NC2CCc3cc(Br)ccc32)cc1. The second-order valence-corrected chi connectivity index (χ2v) is 9.23. The number of carbonyl (C=O) groups excluding carboxylic acids is 1. The maximum absolute atomic E-state index is 12.5. The molecule has 7 heteroatoms. The van der Waals surface area contributed by atoms with Crippen LogP contribution < -0.4 is 10.0 Å². The predicted molar refractivity (Wildman–Crippen MR) is 104 cm³/mol. The summed E-state index contributed by atoms with van der Waals surface area (Å²) in [5, 5.41) is 2.96. The Kier molecular flexibility index (Phi) is 5.50. The van der Waals surface area contributed by atoms with Crippen LogP contribution in [0.4, 0.5) is 0 Å². The van der Waals surface area contributed by atoms with E-state index in [0.717, 1.165) is 28.4 Å². The van der Waals surface area contributed by atoms with Gasteiger partial charge in [-0.15, -0.1) is 0 Å². The molecular formula is C19H21BrN2O3S. The first-order valence-corrected chi connectivity index (χ1v) is 10.7. The molecule has 1 aliphatic rings. The third-order valence-corrected chi connectivity index (χ3v) is 6.61. The van der Waals surface area contributed by atoms with Crippen molar-refractivity contribution in [2.24, 2.45) is 0 Å². The van der Waals surface area contributed by atoms with Crippen molar-refractivity contribution in [2.45, 2.75) is 43.7 Å². The highest BCUT2D eigenvalue weighted by Crippen LogP contribution is 2.32. The second-order valence-electron chi connectivity index (χ2n) is 6.60. The zero-order valence-corrected chi connectivity index (χ0v) is 17.0. The minimum atomic E-state index is -3.74. The summed E-state index contributed by atoms with van der Waals surface area (Å²) >= 11 is 3.45. The fraction of sp³-hybridized carbons (Fsp3) is 0.316. The molecular weight excluding hydrogens is 416 g/mol. The number of hydrogen-bond donors (Lipinski definition) is 2. The molecule has 3 rings (SSSR count). The summed E-state index contributed by atoms with van der Waals surface area (Å²) in [5.41, 5.74) is 3.27. The van der Waals surface area contributed by atoms with Crippen LogP contribution in [0.15, 0.2) is 51.8 Å². The molecule has 1 amide bonds. The lowest BCUT2D eigenvalue weighted by Gasteiger charge is -2.19. The third-order valence-electron chi connectivity index (χ3n) is 4.56. The molecule has 26 heavy (non-hydrogen) atoms. The fourth-order valence-electron chi connectivity index (χ4n) is 3.10. The number of rotatable bonds is 5. The first-order valence-electron chi connectivity index (χ1n) is 8.44. The van der Waals surface area contributed by atoms with Crippen LogP contribution in [-0.2, 0) is 21.2 Å². The van der Waals surface area contributed by atoms with E-state index in [-0.39, 0.29) is 16.8 Å². The number of benzene rings is 2. The van der Waals surface area contributed by atoms with Crippen LogP contribution in [0, 0.1) is 6.92 Å². The highest BCUT2D eigenvalue weighted by Gasteiger charge is 2.27. The Bertz CT molecular complexity index is 926. The summed E-state index contributed by atoms with van der Waals surface area (Å²) in [5.74, 6) is -0.332. The number of carbonyl (C=O) groups is 1. The van der Waals surface area contributed by atoms with Gasteiger partial charge in [-0.05, 0) is 62.1 Å². The lowest BCUT2D eigenvalue weighted by atomic mass is 10.1. The van der Waals surface area contributed by atoms with Gasteiger partial charge in [0.15, 0.2) is 0 Å². The Morgan fingerprint density at radius 2 is 1.88 bits per heavy atom. The largest absolute Gasteiger partial charge is 0.348 e. The lowest BCUT2D eigenvalue weighted by Crippen LogP contribution is -2.45. The minimum absolute atomic E-state index is 0.0862. The molecule has 138 valence electrons. The first kappa shape index (κ1) is 19.1. The monoisotopic (exact) mass is 436 g/mol. The Hall–Kier alpha value is -1.70. The van der Waals surface area contributed by atoms with E-state index in [9.17, 15) is 13.2 Å². The van der Waals surface area contributed by atoms with Crippen molar-refractivity contribution >= 4 is 31.9 Å². The minimum Gasteiger partial charge on any atom is -0.348 e. The standard InChI is InChI=1S/C19H21BrN2O3S/c1-12-3-7-16(8-4-12)26(24,25)22-13(2)19(23)21-18-10-5-14-11-15(20)6-9-17(14)18/h3-4,6-9,11,13,18,22H,5,10H2,1-2H3,(H,21,23)/t13-,18?/m0/s1. The third kappa shape index (κ3) is 4.16. The second kappa shape index (κ2) is 7.50. The number of aryl methyl sites for hydroxylation is 2. The van der Waals surface area contributed by atoms with Gasteiger partial charge in [-0.3, -0.25) is 4.79 Å². The van der Waals surface area contributed by atoms with Crippen LogP contribution in [0.3, 0.4) is 0 Å². The summed E-state index contributed by atoms with van der Waals surface area (Å²) in [6, 6.07) is 11.6. The molecule has 0 spiro atoms. The van der Waals surface area contributed by atoms with Gasteiger partial charge in [0.25, 0.3) is 0 Å². The molecule has 2 aromatic rings. The Morgan fingerprint density at radius 3 is 2.58 bits per heavy atom. The smallest absolute Gasteiger partial charge is 0.241 e. The summed E-state index contributed by atoms with van der Waals surface area (Å²) in [6.45, 7) is 3.44. The Balaban J connectivity index is 1.67. The van der Waals surface area contributed by atoms with Crippen LogP contribution in [0.25, 0.3) is 0 Å². The quantitative estimate of drug-likeness (QED) is 0.755. The summed E-state index contributed by atoms with van der Waals surface area (Å²) in [6.07, 6.45) is 1.71. The van der Waals surface area contributed by atoms with Crippen molar-refractivity contribution < 1.29 is 13.2 Å². The molecule has 0 fully saturated rings. The Labute approximate surface area is 162 Å². The molecule has 2 N–H and O–H groups in total. The van der Waals surface area contributed by atoms with E-state index in [1.54, 1.807) is 19.1 Å². The number of amides is 1. The van der Waals surface area contributed by atoms with E-state index in [1.165, 1.54) is 17.7 Å². The summed E-state index contributed by atoms with van der Waals surface area (Å²) in [4.78, 5) is 12.6. The van der Waals surface area contributed by atoms with Crippen molar-refractivity contribution in [3.05, 3.63) is 63.6 Å². The average Bonchev–Trinajstić information content (AvgIpc) is 2.96. The van der Waals surface area contributed by atoms with Gasteiger partial charge < -0.3 is 5.32 Å². The number of nitrogens with one attached hydrogen (secondary N) is 2. The fourth-order valence-corrected chi connectivity index (χ4v) is 4.72. The molecule has 1 aliphatic carbocycles. The molecule has 5 nitrogen and oxygen atoms in total. The molecule has 0 saturated carbocycles. The van der Waals surface area contributed by atoms with Gasteiger partial charge in [-0.1, -0.05) is 39.7 Å². The molecule has 0 saturated heterocycles. The number of sulfonamides is 1. The molecule has 2 atom stereocenters. The van der Waals surface area contributed by atoms with Gasteiger partial charge in [0.1, 0.15) is 0 Å². The van der Waals surface area contributed by atoms with Gasteiger partial charge in [0, 0.05) is 4.47 Å². The van der Waals surface area contributed by atoms with Crippen molar-refractivity contribution in [3.8, 4) is 0 Å². The molecule has 0 aliphatic heterocycles. The normalized spacial score (nSPS) is 17.6. The van der Waals surface area contributed by atoms with Crippen LogP contribution in [0.5, 0.6) is 0 Å². The number of fused-ring (bicyclic) bond motifs is 1. The lowest BCUT2D eigenvalue weighted by molar-refractivity contribution is -0.123. The zero-order valence-electron chi connectivity index (χ0n) is 14.6. The van der Waals surface area contributed by atoms with Crippen LogP contribution in [0.2, 0.25) is 0 Å². The van der Waals surface area contributed by atoms with Crippen molar-refractivity contribution in [1.82, 2.24) is 10.0 Å². The average molecular weight is 437 g/mol. The van der Waals surface area contributed by atoms with Crippen molar-refractivity contribution in [2.75, 3.05) is 0 Å². The van der Waals surface area contributed by atoms with Gasteiger partial charge in [-0.2, -0.15) is 4.72 Å². The van der Waals surface area contributed by atoms with E-state index < -0.39 is 16.1 Å². The van der Waals surface area contributed by atoms with Crippen LogP contribution >= 0.6 is 15.9 Å². The van der Waals surface area contributed by atoms with Crippen LogP contribution in [0.1, 0.15) is 36.1 Å². The molecule has 0 heterocycles. The first-order chi connectivity index (χ1) is 12.3. The highest BCUT2D eigenvalue weighted by atomic mass is 79.9. The maximum atomic E-state index is 12.5. The van der Waals surface area contributed by atoms with Crippen LogP contribution in [-0.4, -0.2) is 20.4 Å². The number of hydrogen-bond acceptors (Lipinski definition) is 3. The van der Waals surface area contributed by atoms with Gasteiger partial charge in [-0.25, -0.2) is 8.42 Å². The summed E-state index contributed by atoms with van der Waals surface area (Å²) < 4.78 is 28.3. The number of halogens is 1. The molecule has 0 aromatic heterocycles. The molecule has 1 unspecified atom stereocenters. The van der Waals surface area contributed by atoms with Gasteiger partial charge >= 0.3 is 0 Å². The summed E-state index contributed by atoms with van der Waals surface area (Å²) in [7, 11) is -3.74. The van der Waals surface area contributed by atoms with E-state index in [0.29, 0.717) is 0 Å². The van der Waals surface area contributed by atoms with E-state index in [2.05, 4.69) is 32.0 Å². The maximum Gasteiger partial charge on any atom is 0.241 e. The Morgan fingerprint density at radius 1 is 1.19 bits per heavy atom. The van der Waals surface area contributed by atoms with Crippen molar-refractivity contribution in [3.63, 3.8) is 0 Å². The van der Waals surface area contributed by atoms with Gasteiger partial charge in [0.2, 0.25) is 15.9 Å². The molecule has 2 aromatic carbocycles. The van der Waals surface area contributed by atoms with E-state index in [4.69, 9.17) is 0 Å². The zero-order chi connectivity index (χ0) is 18.9. The van der Waals surface area contributed by atoms with Gasteiger partial charge in [0.05, 0.1) is 17.0 Å². The topological polar surface area (TPSA) is 75.3 Å². The predicted octanol–water partition coefficient (Wildman–Crippen LogP) is 3.23. The van der Waals surface area contributed by atoms with Crippen molar-refractivity contribution in [1.29, 1.82) is 0 Å². The molecule has 0 bridgehead atoms. The molecule has 0 radical (unpaired) electrons.